The maximum atomic E-state index is 4.32. The van der Waals surface area contributed by atoms with Crippen LogP contribution in [0.25, 0.3) is 0 Å². The molecule has 56 valence electrons. The van der Waals surface area contributed by atoms with E-state index in [4.69, 9.17) is 0 Å². The summed E-state index contributed by atoms with van der Waals surface area (Å²) in [6, 6.07) is 0. The third-order valence-electron chi connectivity index (χ3n) is 1.71. The van der Waals surface area contributed by atoms with Crippen LogP contribution in [0.1, 0.15) is 26.7 Å². The second kappa shape index (κ2) is 3.81. The third-order valence-corrected chi connectivity index (χ3v) is 2.48. The monoisotopic (exact) mass is 155 g/mol. The Labute approximate surface area is 66.6 Å². The Morgan fingerprint density at radius 1 is 1.50 bits per heavy atom. The molecule has 0 aromatic heterocycles. The maximum absolute atomic E-state index is 4.32. The molecule has 1 aliphatic heterocycles. The van der Waals surface area contributed by atoms with Crippen LogP contribution >= 0.6 is 11.8 Å². The molecule has 0 spiro atoms. The van der Waals surface area contributed by atoms with Gasteiger partial charge in [-0.3, -0.25) is 4.99 Å². The molecule has 0 bridgehead atoms. The van der Waals surface area contributed by atoms with Crippen LogP contribution in [0.4, 0.5) is 0 Å². The highest BCUT2D eigenvalue weighted by molar-refractivity contribution is 8.12. The number of thioether (sulfide) groups is 1. The minimum atomic E-state index is 1.08. The van der Waals surface area contributed by atoms with Gasteiger partial charge in [-0.1, -0.05) is 13.8 Å². The van der Waals surface area contributed by atoms with Crippen molar-refractivity contribution >= 4 is 17.3 Å². The fraction of sp³-hybridized carbons (Fsp3) is 0.625. The number of aliphatic imine (C=N–C) groups is 1. The summed E-state index contributed by atoms with van der Waals surface area (Å²) in [6.07, 6.45) is 2.24. The van der Waals surface area contributed by atoms with Crippen molar-refractivity contribution < 1.29 is 0 Å². The number of allylic oxidation sites excluding steroid dienone is 1. The van der Waals surface area contributed by atoms with Crippen LogP contribution in [0.5, 0.6) is 0 Å². The zero-order valence-electron chi connectivity index (χ0n) is 6.55. The van der Waals surface area contributed by atoms with E-state index < -0.39 is 0 Å². The molecular formula is C8H13NS. The van der Waals surface area contributed by atoms with Gasteiger partial charge in [-0.25, -0.2) is 0 Å². The second-order valence-electron chi connectivity index (χ2n) is 2.30. The first-order valence-corrected chi connectivity index (χ1v) is 4.78. The van der Waals surface area contributed by atoms with Gasteiger partial charge in [0.1, 0.15) is 0 Å². The molecule has 0 saturated carbocycles. The van der Waals surface area contributed by atoms with E-state index in [2.05, 4.69) is 18.8 Å². The smallest absolute Gasteiger partial charge is 0.0603 e. The molecule has 0 radical (unpaired) electrons. The van der Waals surface area contributed by atoms with E-state index in [1.165, 1.54) is 11.3 Å². The van der Waals surface area contributed by atoms with E-state index in [1.807, 2.05) is 5.55 Å². The molecule has 0 atom stereocenters. The first kappa shape index (κ1) is 7.86. The number of nitrogens with zero attached hydrogens (tertiary/aromatic N) is 1. The van der Waals surface area contributed by atoms with Gasteiger partial charge >= 0.3 is 0 Å². The van der Waals surface area contributed by atoms with E-state index in [9.17, 15) is 0 Å². The summed E-state index contributed by atoms with van der Waals surface area (Å²) in [5.74, 6) is 1.16. The van der Waals surface area contributed by atoms with Crippen molar-refractivity contribution in [2.45, 2.75) is 26.7 Å². The number of rotatable bonds is 2. The summed E-state index contributed by atoms with van der Waals surface area (Å²) >= 11 is 1.80. The zero-order chi connectivity index (χ0) is 7.40. The molecule has 1 rings (SSSR count). The van der Waals surface area contributed by atoms with E-state index >= 15 is 0 Å². The van der Waals surface area contributed by atoms with E-state index in [0.717, 1.165) is 18.6 Å². The van der Waals surface area contributed by atoms with Crippen molar-refractivity contribution in [3.63, 3.8) is 0 Å². The molecule has 1 nitrogen and oxygen atoms in total. The maximum Gasteiger partial charge on any atom is 0.0603 e. The van der Waals surface area contributed by atoms with Gasteiger partial charge < -0.3 is 0 Å². The first-order chi connectivity index (χ1) is 4.88. The molecule has 0 N–H and O–H groups in total. The average Bonchev–Trinajstić information content (AvgIpc) is 2.04. The lowest BCUT2D eigenvalue weighted by molar-refractivity contribution is 0.971. The summed E-state index contributed by atoms with van der Waals surface area (Å²) < 4.78 is 0. The average molecular weight is 155 g/mol. The van der Waals surface area contributed by atoms with Crippen molar-refractivity contribution in [2.24, 2.45) is 4.99 Å². The summed E-state index contributed by atoms with van der Waals surface area (Å²) in [5, 5.41) is 0. The predicted molar refractivity (Wildman–Crippen MR) is 48.6 cm³/mol. The lowest BCUT2D eigenvalue weighted by atomic mass is 10.1. The quantitative estimate of drug-likeness (QED) is 0.597. The molecule has 0 aromatic carbocycles. The zero-order valence-corrected chi connectivity index (χ0v) is 7.37. The van der Waals surface area contributed by atoms with Gasteiger partial charge in [-0.05, 0) is 18.4 Å². The molecule has 0 saturated heterocycles. The lowest BCUT2D eigenvalue weighted by Crippen LogP contribution is -1.96. The summed E-state index contributed by atoms with van der Waals surface area (Å²) in [5.41, 5.74) is 4.79. The third kappa shape index (κ3) is 1.63. The fourth-order valence-electron chi connectivity index (χ4n) is 1.06. The lowest BCUT2D eigenvalue weighted by Gasteiger charge is -2.10. The number of hydrogen-bond donors (Lipinski definition) is 0. The van der Waals surface area contributed by atoms with Gasteiger partial charge in [0.2, 0.25) is 0 Å². The molecule has 0 unspecified atom stereocenters. The van der Waals surface area contributed by atoms with Gasteiger partial charge in [0.05, 0.1) is 5.55 Å². The Morgan fingerprint density at radius 2 is 2.30 bits per heavy atom. The molecule has 0 aromatic rings. The Bertz CT molecular complexity index is 170. The molecule has 1 aliphatic rings. The molecule has 2 heteroatoms. The summed E-state index contributed by atoms with van der Waals surface area (Å²) in [6.45, 7) is 4.37. The first-order valence-electron chi connectivity index (χ1n) is 3.73. The SMILES string of the molecule is CCC1=C(CC)N=CSC1. The fourth-order valence-corrected chi connectivity index (χ4v) is 1.91. The van der Waals surface area contributed by atoms with Crippen molar-refractivity contribution in [1.82, 2.24) is 0 Å². The Hall–Kier alpha value is -0.240. The summed E-state index contributed by atoms with van der Waals surface area (Å²) in [4.78, 5) is 4.32. The highest BCUT2D eigenvalue weighted by atomic mass is 32.2. The molecule has 0 aliphatic carbocycles. The molecule has 0 fully saturated rings. The van der Waals surface area contributed by atoms with Crippen LogP contribution in [-0.2, 0) is 0 Å². The van der Waals surface area contributed by atoms with E-state index in [-0.39, 0.29) is 0 Å². The Morgan fingerprint density at radius 3 is 2.80 bits per heavy atom. The molecular weight excluding hydrogens is 142 g/mol. The molecule has 1 heterocycles. The van der Waals surface area contributed by atoms with Crippen LogP contribution in [0.2, 0.25) is 0 Å². The normalized spacial score (nSPS) is 18.2. The van der Waals surface area contributed by atoms with Crippen LogP contribution < -0.4 is 0 Å². The Kier molecular flexibility index (Phi) is 3.00. The van der Waals surface area contributed by atoms with Crippen molar-refractivity contribution in [3.8, 4) is 0 Å². The van der Waals surface area contributed by atoms with Crippen molar-refractivity contribution in [1.29, 1.82) is 0 Å². The minimum absolute atomic E-state index is 1.08. The van der Waals surface area contributed by atoms with Crippen molar-refractivity contribution in [3.05, 3.63) is 11.3 Å². The largest absolute Gasteiger partial charge is 0.254 e. The van der Waals surface area contributed by atoms with Gasteiger partial charge in [0.15, 0.2) is 0 Å². The topological polar surface area (TPSA) is 12.4 Å². The van der Waals surface area contributed by atoms with Crippen molar-refractivity contribution in [2.75, 3.05) is 5.75 Å². The van der Waals surface area contributed by atoms with Crippen LogP contribution in [0.15, 0.2) is 16.3 Å². The van der Waals surface area contributed by atoms with Crippen LogP contribution in [-0.4, -0.2) is 11.3 Å². The van der Waals surface area contributed by atoms with Crippen LogP contribution in [0, 0.1) is 0 Å². The predicted octanol–water partition coefficient (Wildman–Crippen LogP) is 2.84. The second-order valence-corrected chi connectivity index (χ2v) is 3.14. The molecule has 0 amide bonds. The highest BCUT2D eigenvalue weighted by Gasteiger charge is 2.05. The van der Waals surface area contributed by atoms with Gasteiger partial charge in [0, 0.05) is 11.4 Å². The minimum Gasteiger partial charge on any atom is -0.254 e. The summed E-state index contributed by atoms with van der Waals surface area (Å²) in [7, 11) is 0. The van der Waals surface area contributed by atoms with Gasteiger partial charge in [0.25, 0.3) is 0 Å². The van der Waals surface area contributed by atoms with Crippen LogP contribution in [0.3, 0.4) is 0 Å². The van der Waals surface area contributed by atoms with E-state index in [1.54, 1.807) is 11.8 Å². The van der Waals surface area contributed by atoms with Gasteiger partial charge in [-0.15, -0.1) is 11.8 Å². The van der Waals surface area contributed by atoms with Gasteiger partial charge in [-0.2, -0.15) is 0 Å². The standard InChI is InChI=1S/C8H13NS/c1-3-7-5-10-6-9-8(7)4-2/h6H,3-5H2,1-2H3. The Balaban J connectivity index is 2.73. The molecule has 10 heavy (non-hydrogen) atoms. The number of hydrogen-bond acceptors (Lipinski definition) is 2. The highest BCUT2D eigenvalue weighted by Crippen LogP contribution is 2.21. The van der Waals surface area contributed by atoms with E-state index in [0.29, 0.717) is 0 Å².